The fourth-order valence-electron chi connectivity index (χ4n) is 2.66. The van der Waals surface area contributed by atoms with E-state index in [1.807, 2.05) is 45.0 Å². The monoisotopic (exact) mass is 402 g/mol. The molecule has 0 saturated heterocycles. The van der Waals surface area contributed by atoms with Crippen molar-refractivity contribution >= 4 is 29.0 Å². The Morgan fingerprint density at radius 2 is 1.79 bits per heavy atom. The van der Waals surface area contributed by atoms with Crippen molar-refractivity contribution in [2.24, 2.45) is 0 Å². The highest BCUT2D eigenvalue weighted by Gasteiger charge is 2.12. The van der Waals surface area contributed by atoms with Crippen LogP contribution in [0.15, 0.2) is 36.4 Å². The molecule has 2 N–H and O–H groups in total. The Morgan fingerprint density at radius 1 is 1.07 bits per heavy atom. The normalized spacial score (nSPS) is 10.1. The van der Waals surface area contributed by atoms with Gasteiger partial charge in [0, 0.05) is 12.2 Å². The molecule has 2 aromatic rings. The summed E-state index contributed by atoms with van der Waals surface area (Å²) in [5.41, 5.74) is 3.04. The molecule has 2 rings (SSSR count). The van der Waals surface area contributed by atoms with Crippen molar-refractivity contribution < 1.29 is 19.0 Å². The van der Waals surface area contributed by atoms with Gasteiger partial charge in [-0.1, -0.05) is 12.1 Å². The molecule has 0 radical (unpaired) electrons. The van der Waals surface area contributed by atoms with Gasteiger partial charge in [0.25, 0.3) is 0 Å². The number of nitrogens with one attached hydrogen (secondary N) is 2. The van der Waals surface area contributed by atoms with E-state index in [4.69, 9.17) is 26.4 Å². The molecule has 0 aliphatic heterocycles. The number of thiocarbonyl (C=S) groups is 1. The summed E-state index contributed by atoms with van der Waals surface area (Å²) >= 11 is 5.39. The van der Waals surface area contributed by atoms with E-state index in [0.717, 1.165) is 22.6 Å². The Balaban J connectivity index is 2.03. The van der Waals surface area contributed by atoms with Crippen LogP contribution in [0, 0.1) is 6.92 Å². The lowest BCUT2D eigenvalue weighted by atomic mass is 10.1. The number of hydrogen-bond acceptors (Lipinski definition) is 5. The predicted octanol–water partition coefficient (Wildman–Crippen LogP) is 4.07. The Kier molecular flexibility index (Phi) is 8.07. The Hall–Kier alpha value is -2.80. The molecule has 6 nitrogen and oxygen atoms in total. The molecule has 0 aliphatic rings. The summed E-state index contributed by atoms with van der Waals surface area (Å²) < 4.78 is 16.0. The predicted molar refractivity (Wildman–Crippen MR) is 114 cm³/mol. The van der Waals surface area contributed by atoms with Gasteiger partial charge in [-0.05, 0) is 68.4 Å². The number of methoxy groups -OCH3 is 1. The van der Waals surface area contributed by atoms with E-state index >= 15 is 0 Å². The summed E-state index contributed by atoms with van der Waals surface area (Å²) in [6.07, 6.45) is 0. The third-order valence-corrected chi connectivity index (χ3v) is 4.29. The third-order valence-electron chi connectivity index (χ3n) is 4.05. The van der Waals surface area contributed by atoms with Crippen molar-refractivity contribution in [2.75, 3.05) is 25.6 Å². The van der Waals surface area contributed by atoms with Crippen LogP contribution < -0.4 is 20.1 Å². The van der Waals surface area contributed by atoms with Crippen molar-refractivity contribution in [2.45, 2.75) is 27.3 Å². The Labute approximate surface area is 171 Å². The second-order valence-electron chi connectivity index (χ2n) is 5.92. The second kappa shape index (κ2) is 10.5. The quantitative estimate of drug-likeness (QED) is 0.510. The third kappa shape index (κ3) is 5.60. The second-order valence-corrected chi connectivity index (χ2v) is 6.33. The molecule has 0 saturated carbocycles. The van der Waals surface area contributed by atoms with Gasteiger partial charge in [-0.15, -0.1) is 0 Å². The smallest absolute Gasteiger partial charge is 0.338 e. The van der Waals surface area contributed by atoms with Crippen LogP contribution in [0.25, 0.3) is 0 Å². The van der Waals surface area contributed by atoms with Crippen LogP contribution in [0.1, 0.15) is 35.3 Å². The van der Waals surface area contributed by atoms with E-state index in [0.29, 0.717) is 36.2 Å². The molecular weight excluding hydrogens is 376 g/mol. The van der Waals surface area contributed by atoms with Crippen LogP contribution in [0.5, 0.6) is 11.5 Å². The van der Waals surface area contributed by atoms with Crippen LogP contribution in [0.3, 0.4) is 0 Å². The van der Waals surface area contributed by atoms with Crippen molar-refractivity contribution in [1.82, 2.24) is 5.32 Å². The minimum absolute atomic E-state index is 0.377. The molecule has 0 unspecified atom stereocenters. The molecule has 28 heavy (non-hydrogen) atoms. The van der Waals surface area contributed by atoms with Crippen LogP contribution in [-0.4, -0.2) is 31.4 Å². The number of carbonyl (C=O) groups is 1. The van der Waals surface area contributed by atoms with Gasteiger partial charge in [0.1, 0.15) is 0 Å². The highest BCUT2D eigenvalue weighted by atomic mass is 32.1. The molecule has 7 heteroatoms. The summed E-state index contributed by atoms with van der Waals surface area (Å²) in [6.45, 7) is 7.38. The Morgan fingerprint density at radius 3 is 2.46 bits per heavy atom. The van der Waals surface area contributed by atoms with E-state index in [1.165, 1.54) is 7.11 Å². The van der Waals surface area contributed by atoms with Gasteiger partial charge in [0.2, 0.25) is 0 Å². The number of rotatable bonds is 8. The number of benzene rings is 2. The lowest BCUT2D eigenvalue weighted by Gasteiger charge is -2.15. The number of carbonyl (C=O) groups excluding carboxylic acids is 1. The van der Waals surface area contributed by atoms with Gasteiger partial charge in [0.05, 0.1) is 25.9 Å². The van der Waals surface area contributed by atoms with Crippen molar-refractivity contribution in [3.05, 3.63) is 53.1 Å². The van der Waals surface area contributed by atoms with E-state index in [2.05, 4.69) is 10.6 Å². The molecule has 0 aromatic heterocycles. The topological polar surface area (TPSA) is 68.8 Å². The maximum absolute atomic E-state index is 11.8. The molecule has 0 heterocycles. The molecule has 0 amide bonds. The molecule has 0 atom stereocenters. The molecule has 0 fully saturated rings. The summed E-state index contributed by atoms with van der Waals surface area (Å²) in [5.74, 6) is 1.06. The summed E-state index contributed by atoms with van der Waals surface area (Å²) in [5, 5.41) is 6.75. The van der Waals surface area contributed by atoms with Gasteiger partial charge in [0.15, 0.2) is 16.6 Å². The maximum atomic E-state index is 11.8. The van der Waals surface area contributed by atoms with E-state index in [1.54, 1.807) is 12.1 Å². The van der Waals surface area contributed by atoms with E-state index < -0.39 is 0 Å². The van der Waals surface area contributed by atoms with Gasteiger partial charge >= 0.3 is 5.97 Å². The Bertz CT molecular complexity index is 839. The van der Waals surface area contributed by atoms with E-state index in [-0.39, 0.29) is 5.97 Å². The highest BCUT2D eigenvalue weighted by molar-refractivity contribution is 7.80. The first kappa shape index (κ1) is 21.5. The summed E-state index contributed by atoms with van der Waals surface area (Å²) in [6, 6.07) is 11.2. The largest absolute Gasteiger partial charge is 0.490 e. The lowest BCUT2D eigenvalue weighted by molar-refractivity contribution is 0.0600. The zero-order chi connectivity index (χ0) is 20.5. The molecule has 0 spiro atoms. The fraction of sp³-hybridized carbons (Fsp3) is 0.333. The van der Waals surface area contributed by atoms with Crippen LogP contribution in [0.2, 0.25) is 0 Å². The summed E-state index contributed by atoms with van der Waals surface area (Å²) in [7, 11) is 1.36. The molecule has 0 bridgehead atoms. The van der Waals surface area contributed by atoms with Gasteiger partial charge < -0.3 is 24.8 Å². The van der Waals surface area contributed by atoms with Crippen molar-refractivity contribution in [3.63, 3.8) is 0 Å². The zero-order valence-corrected chi connectivity index (χ0v) is 17.4. The molecule has 150 valence electrons. The summed E-state index contributed by atoms with van der Waals surface area (Å²) in [4.78, 5) is 11.8. The van der Waals surface area contributed by atoms with Crippen molar-refractivity contribution in [3.8, 4) is 11.5 Å². The van der Waals surface area contributed by atoms with Crippen LogP contribution >= 0.6 is 12.2 Å². The SMILES string of the molecule is CCOc1ccc(CNC(=S)Nc2cccc(C(=O)OC)c2C)cc1OCC. The van der Waals surface area contributed by atoms with Crippen LogP contribution in [0.4, 0.5) is 5.69 Å². The molecule has 2 aromatic carbocycles. The van der Waals surface area contributed by atoms with Gasteiger partial charge in [-0.2, -0.15) is 0 Å². The zero-order valence-electron chi connectivity index (χ0n) is 16.6. The standard InChI is InChI=1S/C21H26N2O4S/c1-5-26-18-11-10-15(12-19(18)27-6-2)13-22-21(28)23-17-9-7-8-16(14(17)3)20(24)25-4/h7-12H,5-6,13H2,1-4H3,(H2,22,23,28). The highest BCUT2D eigenvalue weighted by Crippen LogP contribution is 2.28. The first-order chi connectivity index (χ1) is 13.5. The number of anilines is 1. The van der Waals surface area contributed by atoms with Gasteiger partial charge in [-0.3, -0.25) is 0 Å². The van der Waals surface area contributed by atoms with E-state index in [9.17, 15) is 4.79 Å². The average molecular weight is 403 g/mol. The van der Waals surface area contributed by atoms with Gasteiger partial charge in [-0.25, -0.2) is 4.79 Å². The minimum atomic E-state index is -0.377. The number of esters is 1. The molecular formula is C21H26N2O4S. The lowest BCUT2D eigenvalue weighted by Crippen LogP contribution is -2.28. The fourth-order valence-corrected chi connectivity index (χ4v) is 2.84. The maximum Gasteiger partial charge on any atom is 0.338 e. The average Bonchev–Trinajstić information content (AvgIpc) is 2.69. The number of hydrogen-bond donors (Lipinski definition) is 2. The number of ether oxygens (including phenoxy) is 3. The first-order valence-corrected chi connectivity index (χ1v) is 9.52. The van der Waals surface area contributed by atoms with Crippen molar-refractivity contribution in [1.29, 1.82) is 0 Å². The first-order valence-electron chi connectivity index (χ1n) is 9.11. The molecule has 0 aliphatic carbocycles. The van der Waals surface area contributed by atoms with Crippen LogP contribution in [-0.2, 0) is 11.3 Å². The minimum Gasteiger partial charge on any atom is -0.490 e.